The van der Waals surface area contributed by atoms with Crippen LogP contribution in [0.2, 0.25) is 0 Å². The van der Waals surface area contributed by atoms with E-state index in [4.69, 9.17) is 0 Å². The van der Waals surface area contributed by atoms with Crippen molar-refractivity contribution in [2.45, 2.75) is 24.1 Å². The van der Waals surface area contributed by atoms with Gasteiger partial charge < -0.3 is 9.80 Å². The first-order chi connectivity index (χ1) is 13.2. The van der Waals surface area contributed by atoms with Gasteiger partial charge in [-0.05, 0) is 30.5 Å². The predicted octanol–water partition coefficient (Wildman–Crippen LogP) is 3.44. The summed E-state index contributed by atoms with van der Waals surface area (Å²) in [5.41, 5.74) is 1.81. The smallest absolute Gasteiger partial charge is 0.254 e. The maximum atomic E-state index is 13.0. The van der Waals surface area contributed by atoms with Crippen LogP contribution in [0, 0.1) is 0 Å². The van der Waals surface area contributed by atoms with E-state index < -0.39 is 0 Å². The third-order valence-electron chi connectivity index (χ3n) is 5.54. The Balaban J connectivity index is 1.41. The van der Waals surface area contributed by atoms with E-state index in [2.05, 4.69) is 0 Å². The molecule has 2 heterocycles. The van der Waals surface area contributed by atoms with Crippen LogP contribution in [0.15, 0.2) is 60.7 Å². The molecule has 0 aliphatic carbocycles. The highest BCUT2D eigenvalue weighted by Crippen LogP contribution is 2.44. The van der Waals surface area contributed by atoms with Gasteiger partial charge in [0.15, 0.2) is 0 Å². The lowest BCUT2D eigenvalue weighted by atomic mass is 10.00. The van der Waals surface area contributed by atoms with E-state index in [9.17, 15) is 9.59 Å². The first kappa shape index (κ1) is 18.1. The second-order valence-electron chi connectivity index (χ2n) is 7.16. The fraction of sp³-hybridized carbons (Fsp3) is 0.364. The highest BCUT2D eigenvalue weighted by molar-refractivity contribution is 8.00. The molecule has 4 nitrogen and oxygen atoms in total. The molecule has 2 aliphatic rings. The molecule has 140 valence electrons. The Morgan fingerprint density at radius 3 is 2.19 bits per heavy atom. The number of piperidine rings is 1. The van der Waals surface area contributed by atoms with Gasteiger partial charge in [-0.2, -0.15) is 0 Å². The monoisotopic (exact) mass is 380 g/mol. The maximum absolute atomic E-state index is 13.0. The van der Waals surface area contributed by atoms with Gasteiger partial charge in [0.1, 0.15) is 0 Å². The average Bonchev–Trinajstić information content (AvgIpc) is 3.12. The third kappa shape index (κ3) is 3.74. The van der Waals surface area contributed by atoms with E-state index in [1.807, 2.05) is 82.2 Å². The van der Waals surface area contributed by atoms with Crippen molar-refractivity contribution in [1.82, 2.24) is 9.80 Å². The van der Waals surface area contributed by atoms with Crippen molar-refractivity contribution in [3.8, 4) is 0 Å². The van der Waals surface area contributed by atoms with Gasteiger partial charge >= 0.3 is 0 Å². The molecule has 2 aromatic rings. The Bertz CT molecular complexity index is 802. The van der Waals surface area contributed by atoms with E-state index in [1.54, 1.807) is 0 Å². The standard InChI is InChI=1S/C22H24N2O2S/c25-20(17-18-7-3-1-4-8-18)23-13-11-22(12-14-23)24(15-16-27-22)21(26)19-9-5-2-6-10-19/h1-10H,11-17H2. The van der Waals surface area contributed by atoms with E-state index in [1.165, 1.54) is 0 Å². The van der Waals surface area contributed by atoms with Crippen molar-refractivity contribution in [3.63, 3.8) is 0 Å². The summed E-state index contributed by atoms with van der Waals surface area (Å²) in [6.07, 6.45) is 2.14. The fourth-order valence-corrected chi connectivity index (χ4v) is 5.49. The summed E-state index contributed by atoms with van der Waals surface area (Å²) in [6, 6.07) is 19.4. The number of carbonyl (C=O) groups excluding carboxylic acids is 2. The third-order valence-corrected chi connectivity index (χ3v) is 7.09. The zero-order valence-electron chi connectivity index (χ0n) is 15.3. The van der Waals surface area contributed by atoms with Gasteiger partial charge in [-0.1, -0.05) is 48.5 Å². The SMILES string of the molecule is O=C(Cc1ccccc1)N1CCC2(CC1)SCCN2C(=O)c1ccccc1. The van der Waals surface area contributed by atoms with Crippen LogP contribution in [-0.4, -0.2) is 51.9 Å². The number of benzene rings is 2. The number of carbonyl (C=O) groups is 2. The summed E-state index contributed by atoms with van der Waals surface area (Å²) in [7, 11) is 0. The molecule has 0 bridgehead atoms. The summed E-state index contributed by atoms with van der Waals surface area (Å²) in [5.74, 6) is 1.26. The van der Waals surface area contributed by atoms with E-state index in [-0.39, 0.29) is 16.7 Å². The van der Waals surface area contributed by atoms with Crippen molar-refractivity contribution < 1.29 is 9.59 Å². The van der Waals surface area contributed by atoms with Gasteiger partial charge in [-0.15, -0.1) is 11.8 Å². The van der Waals surface area contributed by atoms with Crippen LogP contribution in [0.4, 0.5) is 0 Å². The quantitative estimate of drug-likeness (QED) is 0.819. The van der Waals surface area contributed by atoms with Crippen molar-refractivity contribution >= 4 is 23.6 Å². The minimum absolute atomic E-state index is 0.115. The van der Waals surface area contributed by atoms with Crippen LogP contribution in [0.1, 0.15) is 28.8 Å². The van der Waals surface area contributed by atoms with Gasteiger partial charge in [-0.25, -0.2) is 0 Å². The minimum atomic E-state index is -0.156. The number of likely N-dealkylation sites (tertiary alicyclic amines) is 1. The summed E-state index contributed by atoms with van der Waals surface area (Å²) in [4.78, 5) is 29.5. The first-order valence-corrected chi connectivity index (χ1v) is 10.5. The first-order valence-electron chi connectivity index (χ1n) is 9.51. The second-order valence-corrected chi connectivity index (χ2v) is 8.62. The highest BCUT2D eigenvalue weighted by Gasteiger charge is 2.46. The molecule has 0 aromatic heterocycles. The van der Waals surface area contributed by atoms with Crippen LogP contribution in [0.3, 0.4) is 0 Å². The molecule has 0 atom stereocenters. The Kier molecular flexibility index (Phi) is 5.21. The molecule has 0 unspecified atom stereocenters. The number of amides is 2. The lowest BCUT2D eigenvalue weighted by Gasteiger charge is -2.44. The molecule has 1 spiro atoms. The predicted molar refractivity (Wildman–Crippen MR) is 109 cm³/mol. The van der Waals surface area contributed by atoms with E-state index in [0.717, 1.165) is 49.4 Å². The Hall–Kier alpha value is -2.27. The van der Waals surface area contributed by atoms with Crippen LogP contribution in [-0.2, 0) is 11.2 Å². The van der Waals surface area contributed by atoms with Gasteiger partial charge in [-0.3, -0.25) is 9.59 Å². The molecule has 2 aromatic carbocycles. The van der Waals surface area contributed by atoms with Crippen LogP contribution in [0.5, 0.6) is 0 Å². The van der Waals surface area contributed by atoms with Gasteiger partial charge in [0, 0.05) is 31.0 Å². The molecular formula is C22H24N2O2S. The summed E-state index contributed by atoms with van der Waals surface area (Å²) < 4.78 is 0. The fourth-order valence-electron chi connectivity index (χ4n) is 4.03. The normalized spacial score (nSPS) is 18.7. The number of nitrogens with zero attached hydrogens (tertiary/aromatic N) is 2. The zero-order valence-corrected chi connectivity index (χ0v) is 16.2. The lowest BCUT2D eigenvalue weighted by molar-refractivity contribution is -0.132. The topological polar surface area (TPSA) is 40.6 Å². The highest BCUT2D eigenvalue weighted by atomic mass is 32.2. The second kappa shape index (κ2) is 7.77. The van der Waals surface area contributed by atoms with Gasteiger partial charge in [0.05, 0.1) is 11.3 Å². The van der Waals surface area contributed by atoms with Gasteiger partial charge in [0.25, 0.3) is 5.91 Å². The Morgan fingerprint density at radius 1 is 0.889 bits per heavy atom. The Morgan fingerprint density at radius 2 is 1.52 bits per heavy atom. The molecule has 27 heavy (non-hydrogen) atoms. The molecule has 0 radical (unpaired) electrons. The van der Waals surface area contributed by atoms with Crippen molar-refractivity contribution in [2.24, 2.45) is 0 Å². The zero-order chi connectivity index (χ0) is 18.7. The summed E-state index contributed by atoms with van der Waals surface area (Å²) in [6.45, 7) is 2.23. The summed E-state index contributed by atoms with van der Waals surface area (Å²) >= 11 is 1.88. The van der Waals surface area contributed by atoms with Crippen molar-refractivity contribution in [2.75, 3.05) is 25.4 Å². The minimum Gasteiger partial charge on any atom is -0.342 e. The summed E-state index contributed by atoms with van der Waals surface area (Å²) in [5, 5.41) is 0. The molecule has 4 rings (SSSR count). The average molecular weight is 381 g/mol. The largest absolute Gasteiger partial charge is 0.342 e. The molecule has 2 fully saturated rings. The maximum Gasteiger partial charge on any atom is 0.254 e. The molecule has 2 amide bonds. The van der Waals surface area contributed by atoms with Crippen molar-refractivity contribution in [1.29, 1.82) is 0 Å². The van der Waals surface area contributed by atoms with Crippen LogP contribution < -0.4 is 0 Å². The van der Waals surface area contributed by atoms with E-state index >= 15 is 0 Å². The number of hydrogen-bond donors (Lipinski definition) is 0. The number of hydrogen-bond acceptors (Lipinski definition) is 3. The molecule has 0 saturated carbocycles. The number of rotatable bonds is 3. The van der Waals surface area contributed by atoms with E-state index in [0.29, 0.717) is 6.42 Å². The van der Waals surface area contributed by atoms with Gasteiger partial charge in [0.2, 0.25) is 5.91 Å². The molecular weight excluding hydrogens is 356 g/mol. The lowest BCUT2D eigenvalue weighted by Crippen LogP contribution is -2.53. The van der Waals surface area contributed by atoms with Crippen LogP contribution >= 0.6 is 11.8 Å². The number of thioether (sulfide) groups is 1. The Labute approximate surface area is 164 Å². The van der Waals surface area contributed by atoms with Crippen molar-refractivity contribution in [3.05, 3.63) is 71.8 Å². The van der Waals surface area contributed by atoms with Crippen LogP contribution in [0.25, 0.3) is 0 Å². The molecule has 0 N–H and O–H groups in total. The molecule has 2 saturated heterocycles. The molecule has 2 aliphatic heterocycles. The molecule has 5 heteroatoms.